The maximum Gasteiger partial charge on any atom is 0.191 e. The molecule has 2 aromatic rings. The first-order chi connectivity index (χ1) is 12.7. The number of aliphatic imine (C=N–C) groups is 1. The Morgan fingerprint density at radius 2 is 2.04 bits per heavy atom. The van der Waals surface area contributed by atoms with Crippen LogP contribution in [-0.4, -0.2) is 39.3 Å². The third kappa shape index (κ3) is 4.64. The highest BCUT2D eigenvalue weighted by Gasteiger charge is 2.34. The summed E-state index contributed by atoms with van der Waals surface area (Å²) < 4.78 is 24.6. The van der Waals surface area contributed by atoms with Crippen LogP contribution in [0, 0.1) is 5.82 Å². The Labute approximate surface area is 153 Å². The molecule has 0 aliphatic carbocycles. The van der Waals surface area contributed by atoms with Crippen LogP contribution < -0.4 is 10.6 Å². The molecule has 1 aromatic heterocycles. The lowest BCUT2D eigenvalue weighted by Crippen LogP contribution is -2.48. The highest BCUT2D eigenvalue weighted by atomic mass is 19.1. The number of rotatable bonds is 6. The van der Waals surface area contributed by atoms with Crippen molar-refractivity contribution in [2.75, 3.05) is 33.4 Å². The van der Waals surface area contributed by atoms with E-state index in [1.54, 1.807) is 25.4 Å². The molecule has 26 heavy (non-hydrogen) atoms. The summed E-state index contributed by atoms with van der Waals surface area (Å²) in [6.07, 6.45) is 4.17. The lowest BCUT2D eigenvalue weighted by Gasteiger charge is -2.38. The molecule has 0 unspecified atom stereocenters. The average Bonchev–Trinajstić information content (AvgIpc) is 3.19. The molecule has 140 valence electrons. The fourth-order valence-corrected chi connectivity index (χ4v) is 3.38. The van der Waals surface area contributed by atoms with Gasteiger partial charge in [-0.1, -0.05) is 12.1 Å². The maximum absolute atomic E-state index is 13.8. The fourth-order valence-electron chi connectivity index (χ4n) is 3.38. The van der Waals surface area contributed by atoms with Crippen molar-refractivity contribution >= 4 is 5.96 Å². The lowest BCUT2D eigenvalue weighted by atomic mass is 9.74. The Hall–Kier alpha value is -2.34. The van der Waals surface area contributed by atoms with E-state index in [-0.39, 0.29) is 11.2 Å². The summed E-state index contributed by atoms with van der Waals surface area (Å²) in [6.45, 7) is 2.77. The molecule has 0 radical (unpaired) electrons. The van der Waals surface area contributed by atoms with Crippen molar-refractivity contribution in [2.24, 2.45) is 4.99 Å². The Morgan fingerprint density at radius 3 is 2.73 bits per heavy atom. The van der Waals surface area contributed by atoms with Crippen molar-refractivity contribution < 1.29 is 13.5 Å². The fraction of sp³-hybridized carbons (Fsp3) is 0.450. The van der Waals surface area contributed by atoms with Gasteiger partial charge in [0.1, 0.15) is 11.6 Å². The maximum atomic E-state index is 13.8. The normalized spacial score (nSPS) is 17.1. The van der Waals surface area contributed by atoms with E-state index in [1.807, 2.05) is 18.2 Å². The van der Waals surface area contributed by atoms with E-state index in [0.717, 1.165) is 43.1 Å². The standard InChI is InChI=1S/C20H26FN3O2/c1-22-19(23-10-7-18-6-3-11-26-18)24-15-20(8-12-25-13-9-20)16-4-2-5-17(21)14-16/h2-6,11,14H,7-10,12-13,15H2,1H3,(H2,22,23,24). The van der Waals surface area contributed by atoms with Gasteiger partial charge in [0.15, 0.2) is 5.96 Å². The van der Waals surface area contributed by atoms with E-state index < -0.39 is 0 Å². The molecule has 6 heteroatoms. The molecule has 0 saturated carbocycles. The number of benzene rings is 1. The molecule has 1 saturated heterocycles. The van der Waals surface area contributed by atoms with Gasteiger partial charge in [0.05, 0.1) is 6.26 Å². The number of guanidine groups is 1. The Balaban J connectivity index is 1.61. The van der Waals surface area contributed by atoms with Crippen LogP contribution in [0.1, 0.15) is 24.2 Å². The van der Waals surface area contributed by atoms with Crippen LogP contribution >= 0.6 is 0 Å². The van der Waals surface area contributed by atoms with Crippen LogP contribution in [0.2, 0.25) is 0 Å². The largest absolute Gasteiger partial charge is 0.469 e. The van der Waals surface area contributed by atoms with Crippen molar-refractivity contribution in [3.05, 3.63) is 59.8 Å². The van der Waals surface area contributed by atoms with E-state index in [1.165, 1.54) is 6.07 Å². The van der Waals surface area contributed by atoms with Gasteiger partial charge in [0, 0.05) is 45.2 Å². The molecule has 2 heterocycles. The van der Waals surface area contributed by atoms with Crippen LogP contribution in [0.15, 0.2) is 52.1 Å². The Kier molecular flexibility index (Phi) is 6.28. The minimum Gasteiger partial charge on any atom is -0.469 e. The molecule has 3 rings (SSSR count). The molecule has 0 bridgehead atoms. The predicted octanol–water partition coefficient (Wildman–Crippen LogP) is 2.87. The third-order valence-electron chi connectivity index (χ3n) is 4.95. The van der Waals surface area contributed by atoms with Gasteiger partial charge >= 0.3 is 0 Å². The minimum atomic E-state index is -0.200. The van der Waals surface area contributed by atoms with Crippen molar-refractivity contribution in [3.8, 4) is 0 Å². The molecule has 1 aliphatic rings. The second-order valence-corrected chi connectivity index (χ2v) is 6.58. The van der Waals surface area contributed by atoms with Crippen molar-refractivity contribution in [1.82, 2.24) is 10.6 Å². The number of furan rings is 1. The van der Waals surface area contributed by atoms with E-state index in [2.05, 4.69) is 15.6 Å². The van der Waals surface area contributed by atoms with Crippen molar-refractivity contribution in [2.45, 2.75) is 24.7 Å². The number of nitrogens with one attached hydrogen (secondary N) is 2. The first kappa shape index (κ1) is 18.5. The summed E-state index contributed by atoms with van der Waals surface area (Å²) in [5.74, 6) is 1.47. The number of halogens is 1. The van der Waals surface area contributed by atoms with Crippen LogP contribution in [0.3, 0.4) is 0 Å². The van der Waals surface area contributed by atoms with E-state index in [0.29, 0.717) is 19.8 Å². The second kappa shape index (κ2) is 8.85. The van der Waals surface area contributed by atoms with E-state index in [9.17, 15) is 4.39 Å². The molecule has 0 atom stereocenters. The minimum absolute atomic E-state index is 0.154. The molecule has 0 amide bonds. The Bertz CT molecular complexity index is 710. The second-order valence-electron chi connectivity index (χ2n) is 6.58. The summed E-state index contributed by atoms with van der Waals surface area (Å²) in [6, 6.07) is 10.7. The number of nitrogens with zero attached hydrogens (tertiary/aromatic N) is 1. The van der Waals surface area contributed by atoms with Gasteiger partial charge in [-0.3, -0.25) is 4.99 Å². The number of hydrogen-bond donors (Lipinski definition) is 2. The zero-order valence-corrected chi connectivity index (χ0v) is 15.1. The monoisotopic (exact) mass is 359 g/mol. The highest BCUT2D eigenvalue weighted by Crippen LogP contribution is 2.34. The molecule has 1 fully saturated rings. The zero-order chi connectivity index (χ0) is 18.2. The van der Waals surface area contributed by atoms with Crippen molar-refractivity contribution in [3.63, 3.8) is 0 Å². The van der Waals surface area contributed by atoms with Gasteiger partial charge in [-0.15, -0.1) is 0 Å². The molecule has 1 aliphatic heterocycles. The molecule has 5 nitrogen and oxygen atoms in total. The molecular formula is C20H26FN3O2. The summed E-state index contributed by atoms with van der Waals surface area (Å²) in [5, 5.41) is 6.71. The topological polar surface area (TPSA) is 58.8 Å². The van der Waals surface area contributed by atoms with Crippen LogP contribution in [0.4, 0.5) is 4.39 Å². The SMILES string of the molecule is CN=C(NCCc1ccco1)NCC1(c2cccc(F)c2)CCOCC1. The van der Waals surface area contributed by atoms with E-state index in [4.69, 9.17) is 9.15 Å². The molecule has 1 aromatic carbocycles. The summed E-state index contributed by atoms with van der Waals surface area (Å²) in [5.41, 5.74) is 0.859. The van der Waals surface area contributed by atoms with Gasteiger partial charge in [-0.05, 0) is 42.7 Å². The summed E-state index contributed by atoms with van der Waals surface area (Å²) in [7, 11) is 1.75. The summed E-state index contributed by atoms with van der Waals surface area (Å²) in [4.78, 5) is 4.29. The highest BCUT2D eigenvalue weighted by molar-refractivity contribution is 5.79. The van der Waals surface area contributed by atoms with Crippen LogP contribution in [0.25, 0.3) is 0 Å². The lowest BCUT2D eigenvalue weighted by molar-refractivity contribution is 0.0513. The number of hydrogen-bond acceptors (Lipinski definition) is 3. The molecule has 2 N–H and O–H groups in total. The van der Waals surface area contributed by atoms with Gasteiger partial charge < -0.3 is 19.8 Å². The molecule has 0 spiro atoms. The van der Waals surface area contributed by atoms with Gasteiger partial charge in [0.2, 0.25) is 0 Å². The first-order valence-corrected chi connectivity index (χ1v) is 9.03. The Morgan fingerprint density at radius 1 is 1.19 bits per heavy atom. The van der Waals surface area contributed by atoms with Gasteiger partial charge in [0.25, 0.3) is 0 Å². The average molecular weight is 359 g/mol. The number of ether oxygens (including phenoxy) is 1. The predicted molar refractivity (Wildman–Crippen MR) is 99.9 cm³/mol. The van der Waals surface area contributed by atoms with Crippen LogP contribution in [-0.2, 0) is 16.6 Å². The third-order valence-corrected chi connectivity index (χ3v) is 4.95. The zero-order valence-electron chi connectivity index (χ0n) is 15.1. The molecular weight excluding hydrogens is 333 g/mol. The van der Waals surface area contributed by atoms with Gasteiger partial charge in [-0.2, -0.15) is 0 Å². The summed E-state index contributed by atoms with van der Waals surface area (Å²) >= 11 is 0. The first-order valence-electron chi connectivity index (χ1n) is 9.03. The van der Waals surface area contributed by atoms with E-state index >= 15 is 0 Å². The van der Waals surface area contributed by atoms with Crippen molar-refractivity contribution in [1.29, 1.82) is 0 Å². The van der Waals surface area contributed by atoms with Gasteiger partial charge in [-0.25, -0.2) is 4.39 Å². The quantitative estimate of drug-likeness (QED) is 0.615. The smallest absolute Gasteiger partial charge is 0.191 e. The van der Waals surface area contributed by atoms with Crippen LogP contribution in [0.5, 0.6) is 0 Å².